The lowest BCUT2D eigenvalue weighted by molar-refractivity contribution is 0.185. The van der Waals surface area contributed by atoms with Gasteiger partial charge in [-0.2, -0.15) is 0 Å². The molecule has 3 heteroatoms. The molecule has 0 saturated heterocycles. The number of rotatable bonds is 6. The number of hydrogen-bond acceptors (Lipinski definition) is 3. The van der Waals surface area contributed by atoms with Crippen molar-refractivity contribution in [2.75, 3.05) is 13.1 Å². The van der Waals surface area contributed by atoms with Crippen LogP contribution < -0.4 is 11.1 Å². The standard InChI is InChI=1S/C15H26N2O/c1-13(10-14-6-5-9-18-14)17-12-15(11-16)7-3-2-4-8-15/h5-6,9,13,17H,2-4,7-8,10-12,16H2,1H3. The zero-order valence-electron chi connectivity index (χ0n) is 11.5. The van der Waals surface area contributed by atoms with Crippen LogP contribution >= 0.6 is 0 Å². The van der Waals surface area contributed by atoms with Crippen molar-refractivity contribution in [2.45, 2.75) is 51.5 Å². The summed E-state index contributed by atoms with van der Waals surface area (Å²) in [6.07, 6.45) is 9.31. The van der Waals surface area contributed by atoms with Gasteiger partial charge in [-0.05, 0) is 43.9 Å². The Morgan fingerprint density at radius 1 is 1.39 bits per heavy atom. The third kappa shape index (κ3) is 3.59. The van der Waals surface area contributed by atoms with Gasteiger partial charge in [0.05, 0.1) is 6.26 Å². The van der Waals surface area contributed by atoms with E-state index in [1.54, 1.807) is 6.26 Å². The molecule has 1 unspecified atom stereocenters. The lowest BCUT2D eigenvalue weighted by Crippen LogP contribution is -2.44. The lowest BCUT2D eigenvalue weighted by Gasteiger charge is -2.37. The highest BCUT2D eigenvalue weighted by molar-refractivity contribution is 5.00. The van der Waals surface area contributed by atoms with E-state index in [0.29, 0.717) is 11.5 Å². The normalized spacial score (nSPS) is 20.8. The van der Waals surface area contributed by atoms with Crippen molar-refractivity contribution in [1.29, 1.82) is 0 Å². The summed E-state index contributed by atoms with van der Waals surface area (Å²) >= 11 is 0. The molecule has 1 fully saturated rings. The molecule has 0 aliphatic heterocycles. The molecular formula is C15H26N2O. The molecule has 3 N–H and O–H groups in total. The van der Waals surface area contributed by atoms with Crippen molar-refractivity contribution < 1.29 is 4.42 Å². The Balaban J connectivity index is 1.78. The third-order valence-corrected chi connectivity index (χ3v) is 4.26. The molecule has 3 nitrogen and oxygen atoms in total. The summed E-state index contributed by atoms with van der Waals surface area (Å²) in [7, 11) is 0. The van der Waals surface area contributed by atoms with Crippen molar-refractivity contribution in [3.63, 3.8) is 0 Å². The molecule has 1 aliphatic carbocycles. The minimum absolute atomic E-state index is 0.343. The second-order valence-electron chi connectivity index (χ2n) is 5.83. The first-order chi connectivity index (χ1) is 8.74. The SMILES string of the molecule is CC(Cc1ccco1)NCC1(CN)CCCCC1. The van der Waals surface area contributed by atoms with Gasteiger partial charge >= 0.3 is 0 Å². The topological polar surface area (TPSA) is 51.2 Å². The van der Waals surface area contributed by atoms with Gasteiger partial charge < -0.3 is 15.5 Å². The molecule has 102 valence electrons. The zero-order valence-corrected chi connectivity index (χ0v) is 11.5. The van der Waals surface area contributed by atoms with Crippen molar-refractivity contribution >= 4 is 0 Å². The predicted molar refractivity (Wildman–Crippen MR) is 74.4 cm³/mol. The van der Waals surface area contributed by atoms with Crippen LogP contribution in [0.5, 0.6) is 0 Å². The first-order valence-corrected chi connectivity index (χ1v) is 7.20. The summed E-state index contributed by atoms with van der Waals surface area (Å²) in [6.45, 7) is 4.08. The maximum absolute atomic E-state index is 6.00. The van der Waals surface area contributed by atoms with Crippen molar-refractivity contribution in [3.05, 3.63) is 24.2 Å². The highest BCUT2D eigenvalue weighted by Crippen LogP contribution is 2.34. The smallest absolute Gasteiger partial charge is 0.105 e. The Morgan fingerprint density at radius 3 is 2.78 bits per heavy atom. The number of nitrogens with two attached hydrogens (primary N) is 1. The van der Waals surface area contributed by atoms with E-state index in [1.807, 2.05) is 12.1 Å². The van der Waals surface area contributed by atoms with Crippen molar-refractivity contribution in [3.8, 4) is 0 Å². The van der Waals surface area contributed by atoms with Crippen LogP contribution in [0.3, 0.4) is 0 Å². The molecule has 0 bridgehead atoms. The van der Waals surface area contributed by atoms with E-state index in [-0.39, 0.29) is 0 Å². The average Bonchev–Trinajstić information content (AvgIpc) is 2.90. The fraction of sp³-hybridized carbons (Fsp3) is 0.733. The van der Waals surface area contributed by atoms with Crippen LogP contribution in [0.25, 0.3) is 0 Å². The van der Waals surface area contributed by atoms with Gasteiger partial charge in [-0.25, -0.2) is 0 Å². The van der Waals surface area contributed by atoms with E-state index in [9.17, 15) is 0 Å². The quantitative estimate of drug-likeness (QED) is 0.816. The van der Waals surface area contributed by atoms with Gasteiger partial charge in [-0.15, -0.1) is 0 Å². The molecule has 0 radical (unpaired) electrons. The molecule has 1 heterocycles. The number of nitrogens with one attached hydrogen (secondary N) is 1. The van der Waals surface area contributed by atoms with Gasteiger partial charge in [0, 0.05) is 19.0 Å². The molecule has 0 amide bonds. The Bertz CT molecular complexity index is 328. The minimum atomic E-state index is 0.343. The largest absolute Gasteiger partial charge is 0.469 e. The Kier molecular flexibility index (Phi) is 4.84. The molecule has 1 aromatic heterocycles. The Labute approximate surface area is 110 Å². The van der Waals surface area contributed by atoms with Gasteiger partial charge in [0.1, 0.15) is 5.76 Å². The molecule has 1 aliphatic rings. The monoisotopic (exact) mass is 250 g/mol. The van der Waals surface area contributed by atoms with Crippen LogP contribution in [0, 0.1) is 5.41 Å². The summed E-state index contributed by atoms with van der Waals surface area (Å²) in [6, 6.07) is 4.43. The summed E-state index contributed by atoms with van der Waals surface area (Å²) < 4.78 is 5.38. The van der Waals surface area contributed by atoms with Gasteiger partial charge in [0.2, 0.25) is 0 Å². The minimum Gasteiger partial charge on any atom is -0.469 e. The van der Waals surface area contributed by atoms with E-state index < -0.39 is 0 Å². The van der Waals surface area contributed by atoms with Gasteiger partial charge in [0.25, 0.3) is 0 Å². The molecule has 1 aromatic rings. The summed E-state index contributed by atoms with van der Waals surface area (Å²) in [5.74, 6) is 1.06. The zero-order chi connectivity index (χ0) is 12.8. The second-order valence-corrected chi connectivity index (χ2v) is 5.83. The van der Waals surface area contributed by atoms with Gasteiger partial charge in [-0.1, -0.05) is 19.3 Å². The number of furan rings is 1. The van der Waals surface area contributed by atoms with E-state index >= 15 is 0 Å². The number of hydrogen-bond donors (Lipinski definition) is 2. The summed E-state index contributed by atoms with van der Waals surface area (Å²) in [5, 5.41) is 3.64. The van der Waals surface area contributed by atoms with Crippen LogP contribution in [-0.2, 0) is 6.42 Å². The van der Waals surface area contributed by atoms with E-state index in [4.69, 9.17) is 10.2 Å². The van der Waals surface area contributed by atoms with Crippen molar-refractivity contribution in [2.24, 2.45) is 11.1 Å². The van der Waals surface area contributed by atoms with Crippen LogP contribution in [0.1, 0.15) is 44.8 Å². The average molecular weight is 250 g/mol. The maximum atomic E-state index is 6.00. The van der Waals surface area contributed by atoms with Crippen LogP contribution in [-0.4, -0.2) is 19.1 Å². The van der Waals surface area contributed by atoms with Crippen LogP contribution in [0.4, 0.5) is 0 Å². The molecule has 0 spiro atoms. The molecule has 18 heavy (non-hydrogen) atoms. The van der Waals surface area contributed by atoms with Gasteiger partial charge in [0.15, 0.2) is 0 Å². The highest BCUT2D eigenvalue weighted by Gasteiger charge is 2.30. The molecule has 1 atom stereocenters. The Hall–Kier alpha value is -0.800. The van der Waals surface area contributed by atoms with E-state index in [0.717, 1.165) is 25.3 Å². The maximum Gasteiger partial charge on any atom is 0.105 e. The summed E-state index contributed by atoms with van der Waals surface area (Å²) in [4.78, 5) is 0. The van der Waals surface area contributed by atoms with Gasteiger partial charge in [-0.3, -0.25) is 0 Å². The second kappa shape index (κ2) is 6.39. The Morgan fingerprint density at radius 2 is 2.17 bits per heavy atom. The lowest BCUT2D eigenvalue weighted by atomic mass is 9.74. The van der Waals surface area contributed by atoms with Crippen LogP contribution in [0.15, 0.2) is 22.8 Å². The van der Waals surface area contributed by atoms with E-state index in [2.05, 4.69) is 12.2 Å². The first-order valence-electron chi connectivity index (χ1n) is 7.20. The fourth-order valence-electron chi connectivity index (χ4n) is 2.95. The molecule has 2 rings (SSSR count). The van der Waals surface area contributed by atoms with Crippen molar-refractivity contribution in [1.82, 2.24) is 5.32 Å². The third-order valence-electron chi connectivity index (χ3n) is 4.26. The highest BCUT2D eigenvalue weighted by atomic mass is 16.3. The molecular weight excluding hydrogens is 224 g/mol. The van der Waals surface area contributed by atoms with E-state index in [1.165, 1.54) is 32.1 Å². The molecule has 1 saturated carbocycles. The summed E-state index contributed by atoms with van der Waals surface area (Å²) in [5.41, 5.74) is 6.34. The predicted octanol–water partition coefficient (Wildman–Crippen LogP) is 2.71. The first kappa shape index (κ1) is 13.6. The van der Waals surface area contributed by atoms with Crippen LogP contribution in [0.2, 0.25) is 0 Å². The fourth-order valence-corrected chi connectivity index (χ4v) is 2.95. The molecule has 0 aromatic carbocycles.